The first-order valence-electron chi connectivity index (χ1n) is 10.9. The molecule has 1 aliphatic rings. The van der Waals surface area contributed by atoms with E-state index >= 15 is 0 Å². The van der Waals surface area contributed by atoms with E-state index in [0.717, 1.165) is 33.6 Å². The Labute approximate surface area is 198 Å². The van der Waals surface area contributed by atoms with E-state index in [2.05, 4.69) is 26.7 Å². The van der Waals surface area contributed by atoms with Crippen molar-refractivity contribution in [3.8, 4) is 11.1 Å². The SMILES string of the molecule is CC1=NN(C)C(C)C1c1cnc2ccc(-c3cncc(NS(=O)(=O)c4ccccc4)c3)cc2n1. The van der Waals surface area contributed by atoms with Crippen LogP contribution in [-0.2, 0) is 10.0 Å². The summed E-state index contributed by atoms with van der Waals surface area (Å²) < 4.78 is 28.0. The van der Waals surface area contributed by atoms with Crippen LogP contribution in [0.1, 0.15) is 25.5 Å². The van der Waals surface area contributed by atoms with Crippen molar-refractivity contribution in [1.82, 2.24) is 20.0 Å². The predicted molar refractivity (Wildman–Crippen MR) is 133 cm³/mol. The maximum Gasteiger partial charge on any atom is 0.261 e. The molecule has 3 heterocycles. The van der Waals surface area contributed by atoms with Gasteiger partial charge in [-0.3, -0.25) is 19.7 Å². The Morgan fingerprint density at radius 2 is 1.74 bits per heavy atom. The van der Waals surface area contributed by atoms with E-state index < -0.39 is 10.0 Å². The van der Waals surface area contributed by atoms with Crippen molar-refractivity contribution >= 4 is 32.5 Å². The molecular formula is C25H24N6O2S. The summed E-state index contributed by atoms with van der Waals surface area (Å²) in [5.74, 6) is 0.0861. The number of rotatable bonds is 5. The van der Waals surface area contributed by atoms with Crippen LogP contribution in [0.2, 0.25) is 0 Å². The van der Waals surface area contributed by atoms with Crippen LogP contribution in [-0.4, -0.2) is 47.2 Å². The minimum Gasteiger partial charge on any atom is -0.296 e. The zero-order chi connectivity index (χ0) is 23.9. The largest absolute Gasteiger partial charge is 0.296 e. The summed E-state index contributed by atoms with van der Waals surface area (Å²) in [5, 5.41) is 6.51. The van der Waals surface area contributed by atoms with Crippen molar-refractivity contribution in [2.45, 2.75) is 30.7 Å². The van der Waals surface area contributed by atoms with Crippen LogP contribution >= 0.6 is 0 Å². The molecule has 2 atom stereocenters. The molecule has 1 aliphatic heterocycles. The smallest absolute Gasteiger partial charge is 0.261 e. The molecule has 0 saturated heterocycles. The number of pyridine rings is 1. The molecule has 0 saturated carbocycles. The third kappa shape index (κ3) is 4.10. The van der Waals surface area contributed by atoms with Gasteiger partial charge in [-0.15, -0.1) is 0 Å². The number of anilines is 1. The molecule has 0 bridgehead atoms. The normalized spacial score (nSPS) is 18.2. The zero-order valence-corrected chi connectivity index (χ0v) is 19.9. The lowest BCUT2D eigenvalue weighted by molar-refractivity contribution is 0.287. The van der Waals surface area contributed by atoms with Crippen LogP contribution in [0.15, 0.2) is 83.2 Å². The molecule has 1 N–H and O–H groups in total. The highest BCUT2D eigenvalue weighted by Crippen LogP contribution is 2.31. The number of hydrazone groups is 1. The van der Waals surface area contributed by atoms with Gasteiger partial charge in [0.05, 0.1) is 45.5 Å². The van der Waals surface area contributed by atoms with E-state index in [-0.39, 0.29) is 16.9 Å². The molecular weight excluding hydrogens is 448 g/mol. The standard InChI is InChI=1S/C25H24N6O2S/c1-16-25(17(2)31(3)29-16)24-15-27-22-10-9-18(12-23(22)28-24)19-11-20(14-26-13-19)30-34(32,33)21-7-5-4-6-8-21/h4-15,17,25,30H,1-3H3. The Hall–Kier alpha value is -3.85. The topological polar surface area (TPSA) is 100 Å². The lowest BCUT2D eigenvalue weighted by Gasteiger charge is -2.20. The Bertz CT molecular complexity index is 1500. The molecule has 2 aromatic heterocycles. The summed E-state index contributed by atoms with van der Waals surface area (Å²) >= 11 is 0. The highest BCUT2D eigenvalue weighted by Gasteiger charge is 2.32. The Kier molecular flexibility index (Phi) is 5.49. The van der Waals surface area contributed by atoms with Crippen molar-refractivity contribution in [2.75, 3.05) is 11.8 Å². The number of sulfonamides is 1. The number of likely N-dealkylation sites (N-methyl/N-ethyl adjacent to an activating group) is 1. The molecule has 8 nitrogen and oxygen atoms in total. The molecule has 4 aromatic rings. The molecule has 0 spiro atoms. The Morgan fingerprint density at radius 3 is 2.47 bits per heavy atom. The summed E-state index contributed by atoms with van der Waals surface area (Å²) in [7, 11) is -1.74. The minimum atomic E-state index is -3.70. The summed E-state index contributed by atoms with van der Waals surface area (Å²) in [5.41, 5.74) is 5.47. The molecule has 9 heteroatoms. The van der Waals surface area contributed by atoms with Gasteiger partial charge in [0.15, 0.2) is 0 Å². The zero-order valence-electron chi connectivity index (χ0n) is 19.0. The second kappa shape index (κ2) is 8.49. The number of hydrogen-bond donors (Lipinski definition) is 1. The van der Waals surface area contributed by atoms with Crippen LogP contribution < -0.4 is 4.72 Å². The van der Waals surface area contributed by atoms with E-state index in [4.69, 9.17) is 4.98 Å². The highest BCUT2D eigenvalue weighted by atomic mass is 32.2. The lowest BCUT2D eigenvalue weighted by Crippen LogP contribution is -2.26. The van der Waals surface area contributed by atoms with Crippen molar-refractivity contribution in [1.29, 1.82) is 0 Å². The second-order valence-corrected chi connectivity index (χ2v) is 10.1. The van der Waals surface area contributed by atoms with Crippen molar-refractivity contribution < 1.29 is 8.42 Å². The first kappa shape index (κ1) is 22.0. The van der Waals surface area contributed by atoms with Crippen LogP contribution in [0.25, 0.3) is 22.2 Å². The number of aromatic nitrogens is 3. The average molecular weight is 473 g/mol. The van der Waals surface area contributed by atoms with Gasteiger partial charge in [0.1, 0.15) is 0 Å². The minimum absolute atomic E-state index is 0.0861. The maximum absolute atomic E-state index is 12.7. The maximum atomic E-state index is 12.7. The molecule has 172 valence electrons. The molecule has 0 aliphatic carbocycles. The fraction of sp³-hybridized carbons (Fsp3) is 0.200. The number of hydrogen-bond acceptors (Lipinski definition) is 7. The van der Waals surface area contributed by atoms with Gasteiger partial charge in [-0.1, -0.05) is 24.3 Å². The molecule has 5 rings (SSSR count). The summed E-state index contributed by atoms with van der Waals surface area (Å²) in [6.07, 6.45) is 5.01. The predicted octanol–water partition coefficient (Wildman–Crippen LogP) is 4.29. The molecule has 2 aromatic carbocycles. The van der Waals surface area contributed by atoms with Gasteiger partial charge in [0.25, 0.3) is 10.0 Å². The van der Waals surface area contributed by atoms with Gasteiger partial charge >= 0.3 is 0 Å². The molecule has 2 unspecified atom stereocenters. The van der Waals surface area contributed by atoms with Crippen molar-refractivity contribution in [2.24, 2.45) is 5.10 Å². The van der Waals surface area contributed by atoms with Crippen molar-refractivity contribution in [3.63, 3.8) is 0 Å². The first-order chi connectivity index (χ1) is 16.3. The molecule has 34 heavy (non-hydrogen) atoms. The third-order valence-corrected chi connectivity index (χ3v) is 7.49. The second-order valence-electron chi connectivity index (χ2n) is 8.41. The highest BCUT2D eigenvalue weighted by molar-refractivity contribution is 7.92. The third-order valence-electron chi connectivity index (χ3n) is 6.09. The summed E-state index contributed by atoms with van der Waals surface area (Å²) in [6.45, 7) is 4.14. The fourth-order valence-corrected chi connectivity index (χ4v) is 5.31. The summed E-state index contributed by atoms with van der Waals surface area (Å²) in [4.78, 5) is 13.9. The monoisotopic (exact) mass is 472 g/mol. The van der Waals surface area contributed by atoms with Crippen LogP contribution in [0.3, 0.4) is 0 Å². The van der Waals surface area contributed by atoms with Gasteiger partial charge in [-0.05, 0) is 49.7 Å². The Morgan fingerprint density at radius 1 is 0.941 bits per heavy atom. The lowest BCUT2D eigenvalue weighted by atomic mass is 9.94. The van der Waals surface area contributed by atoms with Gasteiger partial charge < -0.3 is 0 Å². The first-order valence-corrected chi connectivity index (χ1v) is 12.4. The van der Waals surface area contributed by atoms with E-state index in [1.54, 1.807) is 42.6 Å². The number of nitrogens with one attached hydrogen (secondary N) is 1. The van der Waals surface area contributed by atoms with Gasteiger partial charge in [-0.25, -0.2) is 13.4 Å². The van der Waals surface area contributed by atoms with E-state index in [9.17, 15) is 8.42 Å². The molecule has 0 radical (unpaired) electrons. The fourth-order valence-electron chi connectivity index (χ4n) is 4.25. The van der Waals surface area contributed by atoms with Gasteiger partial charge in [0, 0.05) is 30.7 Å². The van der Waals surface area contributed by atoms with Gasteiger partial charge in [0.2, 0.25) is 0 Å². The molecule has 0 amide bonds. The van der Waals surface area contributed by atoms with Crippen LogP contribution in [0.5, 0.6) is 0 Å². The summed E-state index contributed by atoms with van der Waals surface area (Å²) in [6, 6.07) is 16.0. The number of nitrogens with zero attached hydrogens (tertiary/aromatic N) is 5. The van der Waals surface area contributed by atoms with E-state index in [1.165, 1.54) is 6.20 Å². The number of benzene rings is 2. The quantitative estimate of drug-likeness (QED) is 0.465. The average Bonchev–Trinajstić information content (AvgIpc) is 3.09. The van der Waals surface area contributed by atoms with Gasteiger partial charge in [-0.2, -0.15) is 5.10 Å². The van der Waals surface area contributed by atoms with Crippen LogP contribution in [0.4, 0.5) is 5.69 Å². The van der Waals surface area contributed by atoms with E-state index in [0.29, 0.717) is 5.69 Å². The van der Waals surface area contributed by atoms with E-state index in [1.807, 2.05) is 43.4 Å². The van der Waals surface area contributed by atoms with Crippen molar-refractivity contribution in [3.05, 3.63) is 78.9 Å². The number of fused-ring (bicyclic) bond motifs is 1. The Balaban J connectivity index is 1.47. The van der Waals surface area contributed by atoms with Crippen LogP contribution in [0, 0.1) is 0 Å². The molecule has 0 fully saturated rings.